The number of amides is 1. The molecule has 1 N–H and O–H groups in total. The molecule has 1 saturated heterocycles. The summed E-state index contributed by atoms with van der Waals surface area (Å²) < 4.78 is 0.598. The van der Waals surface area contributed by atoms with Crippen LogP contribution in [0.15, 0.2) is 22.9 Å². The molecule has 0 saturated carbocycles. The number of hydrogen-bond acceptors (Lipinski definition) is 3. The first kappa shape index (κ1) is 13.5. The summed E-state index contributed by atoms with van der Waals surface area (Å²) in [5.74, 6) is -0.0630. The third-order valence-corrected chi connectivity index (χ3v) is 3.80. The van der Waals surface area contributed by atoms with Gasteiger partial charge in [0.15, 0.2) is 0 Å². The molecule has 1 aromatic heterocycles. The number of carbonyl (C=O) groups excluding carboxylic acids is 1. The maximum atomic E-state index is 11.9. The van der Waals surface area contributed by atoms with E-state index in [4.69, 9.17) is 0 Å². The average molecular weight is 312 g/mol. The number of carbonyl (C=O) groups is 1. The molecule has 98 valence electrons. The number of nitrogens with one attached hydrogen (secondary N) is 1. The van der Waals surface area contributed by atoms with Gasteiger partial charge in [0.05, 0.1) is 5.56 Å². The molecular weight excluding hydrogens is 294 g/mol. The second-order valence-corrected chi connectivity index (χ2v) is 5.25. The lowest BCUT2D eigenvalue weighted by atomic mass is 10.1. The Labute approximate surface area is 116 Å². The lowest BCUT2D eigenvalue weighted by molar-refractivity contribution is 0.0945. The van der Waals surface area contributed by atoms with Crippen LogP contribution in [-0.2, 0) is 0 Å². The van der Waals surface area contributed by atoms with Crippen molar-refractivity contribution >= 4 is 21.8 Å². The van der Waals surface area contributed by atoms with Crippen molar-refractivity contribution in [1.82, 2.24) is 15.2 Å². The summed E-state index contributed by atoms with van der Waals surface area (Å²) in [4.78, 5) is 18.4. The third-order valence-electron chi connectivity index (χ3n) is 3.17. The molecule has 5 heteroatoms. The highest BCUT2D eigenvalue weighted by molar-refractivity contribution is 9.10. The van der Waals surface area contributed by atoms with Gasteiger partial charge in [-0.25, -0.2) is 4.98 Å². The molecule has 18 heavy (non-hydrogen) atoms. The predicted molar refractivity (Wildman–Crippen MR) is 74.6 cm³/mol. The number of rotatable bonds is 4. The van der Waals surface area contributed by atoms with Crippen LogP contribution in [0.5, 0.6) is 0 Å². The molecule has 0 radical (unpaired) electrons. The van der Waals surface area contributed by atoms with Gasteiger partial charge in [-0.1, -0.05) is 6.42 Å². The fourth-order valence-electron chi connectivity index (χ4n) is 2.16. The Morgan fingerprint density at radius 1 is 1.39 bits per heavy atom. The van der Waals surface area contributed by atoms with Crippen LogP contribution in [0, 0.1) is 0 Å². The number of nitrogens with zero attached hydrogens (tertiary/aromatic N) is 2. The van der Waals surface area contributed by atoms with E-state index in [1.54, 1.807) is 18.3 Å². The summed E-state index contributed by atoms with van der Waals surface area (Å²) in [6.07, 6.45) is 5.56. The maximum Gasteiger partial charge on any atom is 0.254 e. The molecule has 1 aliphatic rings. The molecule has 0 unspecified atom stereocenters. The molecule has 0 aliphatic carbocycles. The van der Waals surface area contributed by atoms with Crippen molar-refractivity contribution < 1.29 is 4.79 Å². The van der Waals surface area contributed by atoms with Gasteiger partial charge < -0.3 is 10.2 Å². The Kier molecular flexibility index (Phi) is 5.13. The van der Waals surface area contributed by atoms with Crippen molar-refractivity contribution in [2.45, 2.75) is 19.3 Å². The molecule has 1 amide bonds. The standard InChI is InChI=1S/C13H18BrN3O/c14-12-11(5-4-6-15-12)13(18)16-7-10-17-8-2-1-3-9-17/h4-6H,1-3,7-10H2,(H,16,18). The van der Waals surface area contributed by atoms with Crippen LogP contribution in [-0.4, -0.2) is 42.0 Å². The largest absolute Gasteiger partial charge is 0.351 e. The molecule has 1 aliphatic heterocycles. The average Bonchev–Trinajstić information content (AvgIpc) is 2.40. The lowest BCUT2D eigenvalue weighted by Crippen LogP contribution is -2.37. The van der Waals surface area contributed by atoms with Crippen LogP contribution in [0.3, 0.4) is 0 Å². The van der Waals surface area contributed by atoms with E-state index in [9.17, 15) is 4.79 Å². The molecule has 2 rings (SSSR count). The molecule has 0 spiro atoms. The smallest absolute Gasteiger partial charge is 0.254 e. The van der Waals surface area contributed by atoms with E-state index in [2.05, 4.69) is 31.1 Å². The number of halogens is 1. The summed E-state index contributed by atoms with van der Waals surface area (Å²) in [6, 6.07) is 3.54. The monoisotopic (exact) mass is 311 g/mol. The summed E-state index contributed by atoms with van der Waals surface area (Å²) >= 11 is 3.28. The first-order valence-corrected chi connectivity index (χ1v) is 7.18. The molecule has 0 aromatic carbocycles. The van der Waals surface area contributed by atoms with E-state index in [-0.39, 0.29) is 5.91 Å². The second kappa shape index (κ2) is 6.85. The fraction of sp³-hybridized carbons (Fsp3) is 0.538. The highest BCUT2D eigenvalue weighted by Crippen LogP contribution is 2.12. The number of piperidine rings is 1. The quantitative estimate of drug-likeness (QED) is 0.866. The maximum absolute atomic E-state index is 11.9. The lowest BCUT2D eigenvalue weighted by Gasteiger charge is -2.26. The van der Waals surface area contributed by atoms with E-state index >= 15 is 0 Å². The van der Waals surface area contributed by atoms with Crippen molar-refractivity contribution in [3.8, 4) is 0 Å². The zero-order valence-electron chi connectivity index (χ0n) is 10.4. The van der Waals surface area contributed by atoms with Gasteiger partial charge in [0.2, 0.25) is 0 Å². The van der Waals surface area contributed by atoms with Crippen molar-refractivity contribution in [2.75, 3.05) is 26.2 Å². The molecule has 4 nitrogen and oxygen atoms in total. The number of likely N-dealkylation sites (tertiary alicyclic amines) is 1. The molecular formula is C13H18BrN3O. The molecule has 2 heterocycles. The van der Waals surface area contributed by atoms with Crippen molar-refractivity contribution in [2.24, 2.45) is 0 Å². The summed E-state index contributed by atoms with van der Waals surface area (Å²) in [5.41, 5.74) is 0.594. The zero-order valence-corrected chi connectivity index (χ0v) is 11.9. The topological polar surface area (TPSA) is 45.2 Å². The van der Waals surface area contributed by atoms with Gasteiger partial charge in [0.1, 0.15) is 4.60 Å². The van der Waals surface area contributed by atoms with Gasteiger partial charge in [-0.15, -0.1) is 0 Å². The van der Waals surface area contributed by atoms with Gasteiger partial charge in [0.25, 0.3) is 5.91 Å². The number of hydrogen-bond donors (Lipinski definition) is 1. The van der Waals surface area contributed by atoms with Crippen molar-refractivity contribution in [3.05, 3.63) is 28.5 Å². The second-order valence-electron chi connectivity index (χ2n) is 4.50. The van der Waals surface area contributed by atoms with E-state index in [0.29, 0.717) is 16.7 Å². The first-order chi connectivity index (χ1) is 8.77. The van der Waals surface area contributed by atoms with Gasteiger partial charge in [-0.3, -0.25) is 4.79 Å². The Balaban J connectivity index is 1.76. The highest BCUT2D eigenvalue weighted by Gasteiger charge is 2.12. The summed E-state index contributed by atoms with van der Waals surface area (Å²) in [5, 5.41) is 2.94. The van der Waals surface area contributed by atoms with Crippen molar-refractivity contribution in [3.63, 3.8) is 0 Å². The Morgan fingerprint density at radius 2 is 2.17 bits per heavy atom. The van der Waals surface area contributed by atoms with E-state index in [1.165, 1.54) is 19.3 Å². The predicted octanol–water partition coefficient (Wildman–Crippen LogP) is 2.06. The van der Waals surface area contributed by atoms with Crippen LogP contribution >= 0.6 is 15.9 Å². The van der Waals surface area contributed by atoms with Crippen LogP contribution < -0.4 is 5.32 Å². The van der Waals surface area contributed by atoms with Crippen molar-refractivity contribution in [1.29, 1.82) is 0 Å². The Hall–Kier alpha value is -0.940. The molecule has 0 bridgehead atoms. The zero-order chi connectivity index (χ0) is 12.8. The van der Waals surface area contributed by atoms with Gasteiger partial charge in [-0.05, 0) is 54.0 Å². The van der Waals surface area contributed by atoms with Crippen LogP contribution in [0.1, 0.15) is 29.6 Å². The Bertz CT molecular complexity index is 405. The van der Waals surface area contributed by atoms with Crippen LogP contribution in [0.2, 0.25) is 0 Å². The fourth-order valence-corrected chi connectivity index (χ4v) is 2.59. The molecule has 1 fully saturated rings. The normalized spacial score (nSPS) is 16.5. The van der Waals surface area contributed by atoms with E-state index < -0.39 is 0 Å². The summed E-state index contributed by atoms with van der Waals surface area (Å²) in [6.45, 7) is 3.95. The first-order valence-electron chi connectivity index (χ1n) is 6.38. The summed E-state index contributed by atoms with van der Waals surface area (Å²) in [7, 11) is 0. The minimum atomic E-state index is -0.0630. The van der Waals surface area contributed by atoms with Crippen LogP contribution in [0.4, 0.5) is 0 Å². The molecule has 0 atom stereocenters. The van der Waals surface area contributed by atoms with E-state index in [1.807, 2.05) is 0 Å². The number of aromatic nitrogens is 1. The van der Waals surface area contributed by atoms with Gasteiger partial charge in [0, 0.05) is 19.3 Å². The van der Waals surface area contributed by atoms with Gasteiger partial charge in [-0.2, -0.15) is 0 Å². The SMILES string of the molecule is O=C(NCCN1CCCCC1)c1cccnc1Br. The minimum absolute atomic E-state index is 0.0630. The highest BCUT2D eigenvalue weighted by atomic mass is 79.9. The van der Waals surface area contributed by atoms with Crippen LogP contribution in [0.25, 0.3) is 0 Å². The van der Waals surface area contributed by atoms with Gasteiger partial charge >= 0.3 is 0 Å². The Morgan fingerprint density at radius 3 is 2.89 bits per heavy atom. The molecule has 1 aromatic rings. The minimum Gasteiger partial charge on any atom is -0.351 e. The van der Waals surface area contributed by atoms with E-state index in [0.717, 1.165) is 19.6 Å². The third kappa shape index (κ3) is 3.78. The number of pyridine rings is 1.